The zero-order valence-electron chi connectivity index (χ0n) is 7.17. The topological polar surface area (TPSA) is 54.0 Å². The van der Waals surface area contributed by atoms with Gasteiger partial charge in [-0.05, 0) is 17.7 Å². The van der Waals surface area contributed by atoms with E-state index in [1.807, 2.05) is 0 Å². The summed E-state index contributed by atoms with van der Waals surface area (Å²) in [5, 5.41) is 4.97. The van der Waals surface area contributed by atoms with Crippen LogP contribution < -0.4 is 10.6 Å². The number of amides is 2. The Kier molecular flexibility index (Phi) is 3.52. The fraction of sp³-hybridized carbons (Fsp3) is 0.250. The van der Waals surface area contributed by atoms with Gasteiger partial charge in [0.25, 0.3) is 0 Å². The number of urea groups is 1. The van der Waals surface area contributed by atoms with Crippen molar-refractivity contribution in [3.05, 3.63) is 23.9 Å². The molecule has 0 aliphatic rings. The van der Waals surface area contributed by atoms with E-state index < -0.39 is 0 Å². The maximum absolute atomic E-state index is 10.9. The van der Waals surface area contributed by atoms with Crippen LogP contribution in [0.25, 0.3) is 0 Å². The number of alkyl halides is 1. The minimum absolute atomic E-state index is 0.292. The molecule has 1 rings (SSSR count). The average Bonchev–Trinajstić information content (AvgIpc) is 2.18. The minimum atomic E-state index is -0.292. The molecule has 1 aromatic rings. The van der Waals surface area contributed by atoms with E-state index in [1.165, 1.54) is 0 Å². The van der Waals surface area contributed by atoms with Crippen LogP contribution in [-0.2, 0) is 5.88 Å². The van der Waals surface area contributed by atoms with Crippen LogP contribution in [0.5, 0.6) is 0 Å². The largest absolute Gasteiger partial charge is 0.341 e. The van der Waals surface area contributed by atoms with Crippen molar-refractivity contribution in [2.45, 2.75) is 5.88 Å². The summed E-state index contributed by atoms with van der Waals surface area (Å²) in [6.45, 7) is 0. The molecule has 0 fully saturated rings. The number of rotatable bonds is 2. The lowest BCUT2D eigenvalue weighted by atomic mass is 10.3. The molecular formula is C8H10ClN3O. The summed E-state index contributed by atoms with van der Waals surface area (Å²) >= 11 is 5.61. The van der Waals surface area contributed by atoms with Crippen LogP contribution in [0, 0.1) is 0 Å². The van der Waals surface area contributed by atoms with E-state index in [2.05, 4.69) is 15.6 Å². The molecular weight excluding hydrogens is 190 g/mol. The second-order valence-corrected chi connectivity index (χ2v) is 2.65. The van der Waals surface area contributed by atoms with Gasteiger partial charge >= 0.3 is 6.03 Å². The lowest BCUT2D eigenvalue weighted by molar-refractivity contribution is 0.254. The van der Waals surface area contributed by atoms with E-state index in [4.69, 9.17) is 11.6 Å². The van der Waals surface area contributed by atoms with Crippen molar-refractivity contribution in [2.24, 2.45) is 0 Å². The first-order chi connectivity index (χ1) is 6.26. The molecule has 1 heterocycles. The van der Waals surface area contributed by atoms with E-state index in [1.54, 1.807) is 25.4 Å². The van der Waals surface area contributed by atoms with Crippen LogP contribution in [0.15, 0.2) is 18.3 Å². The van der Waals surface area contributed by atoms with Crippen LogP contribution in [-0.4, -0.2) is 18.1 Å². The second kappa shape index (κ2) is 4.67. The van der Waals surface area contributed by atoms with Gasteiger partial charge in [0.15, 0.2) is 0 Å². The van der Waals surface area contributed by atoms with Crippen molar-refractivity contribution in [3.8, 4) is 0 Å². The first-order valence-corrected chi connectivity index (χ1v) is 4.29. The maximum atomic E-state index is 10.9. The lowest BCUT2D eigenvalue weighted by Crippen LogP contribution is -2.24. The van der Waals surface area contributed by atoms with E-state index >= 15 is 0 Å². The van der Waals surface area contributed by atoms with Gasteiger partial charge in [-0.1, -0.05) is 0 Å². The Labute approximate surface area is 81.3 Å². The summed E-state index contributed by atoms with van der Waals surface area (Å²) in [4.78, 5) is 14.8. The quantitative estimate of drug-likeness (QED) is 0.711. The third-order valence-corrected chi connectivity index (χ3v) is 1.76. The Morgan fingerprint density at radius 2 is 2.46 bits per heavy atom. The zero-order valence-corrected chi connectivity index (χ0v) is 7.93. The van der Waals surface area contributed by atoms with Crippen LogP contribution in [0.2, 0.25) is 0 Å². The molecule has 0 saturated heterocycles. The number of halogens is 1. The summed E-state index contributed by atoms with van der Waals surface area (Å²) < 4.78 is 0. The fourth-order valence-electron chi connectivity index (χ4n) is 0.805. The van der Waals surface area contributed by atoms with Crippen molar-refractivity contribution < 1.29 is 4.79 Å². The lowest BCUT2D eigenvalue weighted by Gasteiger charge is -2.03. The monoisotopic (exact) mass is 199 g/mol. The van der Waals surface area contributed by atoms with Gasteiger partial charge in [0.2, 0.25) is 0 Å². The Bertz CT molecular complexity index is 303. The Morgan fingerprint density at radius 1 is 1.69 bits per heavy atom. The number of carbonyl (C=O) groups excluding carboxylic acids is 1. The fourth-order valence-corrected chi connectivity index (χ4v) is 0.971. The number of hydrogen-bond acceptors (Lipinski definition) is 2. The molecule has 2 amide bonds. The molecule has 0 spiro atoms. The van der Waals surface area contributed by atoms with E-state index in [-0.39, 0.29) is 6.03 Å². The number of nitrogens with zero attached hydrogens (tertiary/aromatic N) is 1. The van der Waals surface area contributed by atoms with Crippen LogP contribution in [0.3, 0.4) is 0 Å². The number of anilines is 1. The second-order valence-electron chi connectivity index (χ2n) is 2.39. The number of pyridine rings is 1. The molecule has 0 atom stereocenters. The third-order valence-electron chi connectivity index (χ3n) is 1.45. The average molecular weight is 200 g/mol. The predicted molar refractivity (Wildman–Crippen MR) is 51.9 cm³/mol. The Balaban J connectivity index is 2.71. The number of carbonyl (C=O) groups is 1. The van der Waals surface area contributed by atoms with Gasteiger partial charge in [0, 0.05) is 19.1 Å². The molecule has 0 aromatic carbocycles. The Morgan fingerprint density at radius 3 is 3.08 bits per heavy atom. The van der Waals surface area contributed by atoms with E-state index in [0.29, 0.717) is 11.7 Å². The molecule has 0 aliphatic carbocycles. The summed E-state index contributed by atoms with van der Waals surface area (Å²) in [7, 11) is 1.54. The zero-order chi connectivity index (χ0) is 9.68. The maximum Gasteiger partial charge on any atom is 0.320 e. The highest BCUT2D eigenvalue weighted by Gasteiger charge is 1.99. The molecule has 0 radical (unpaired) electrons. The molecule has 0 aliphatic heterocycles. The standard InChI is InChI=1S/C8H10ClN3O/c1-10-8(13)12-7-4-6(5-9)2-3-11-7/h2-4H,5H2,1H3,(H2,10,11,12,13). The van der Waals surface area contributed by atoms with Gasteiger partial charge in [-0.3, -0.25) is 5.32 Å². The summed E-state index contributed by atoms with van der Waals surface area (Å²) in [6.07, 6.45) is 1.60. The smallest absolute Gasteiger partial charge is 0.320 e. The van der Waals surface area contributed by atoms with Crippen LogP contribution >= 0.6 is 11.6 Å². The number of aromatic nitrogens is 1. The first kappa shape index (κ1) is 9.80. The van der Waals surface area contributed by atoms with Crippen molar-refractivity contribution >= 4 is 23.4 Å². The normalized spacial score (nSPS) is 9.38. The molecule has 5 heteroatoms. The summed E-state index contributed by atoms with van der Waals surface area (Å²) in [5.41, 5.74) is 0.920. The van der Waals surface area contributed by atoms with Crippen molar-refractivity contribution in [1.29, 1.82) is 0 Å². The van der Waals surface area contributed by atoms with Crippen LogP contribution in [0.1, 0.15) is 5.56 Å². The van der Waals surface area contributed by atoms with Gasteiger partial charge in [-0.15, -0.1) is 11.6 Å². The van der Waals surface area contributed by atoms with Gasteiger partial charge in [0.1, 0.15) is 5.82 Å². The van der Waals surface area contributed by atoms with E-state index in [9.17, 15) is 4.79 Å². The third kappa shape index (κ3) is 2.91. The van der Waals surface area contributed by atoms with Gasteiger partial charge in [-0.2, -0.15) is 0 Å². The summed E-state index contributed by atoms with van der Waals surface area (Å²) in [5.74, 6) is 0.905. The predicted octanol–water partition coefficient (Wildman–Crippen LogP) is 1.57. The van der Waals surface area contributed by atoms with Gasteiger partial charge in [0.05, 0.1) is 0 Å². The number of hydrogen-bond donors (Lipinski definition) is 2. The molecule has 0 saturated carbocycles. The minimum Gasteiger partial charge on any atom is -0.341 e. The van der Waals surface area contributed by atoms with E-state index in [0.717, 1.165) is 5.56 Å². The van der Waals surface area contributed by atoms with Crippen LogP contribution in [0.4, 0.5) is 10.6 Å². The highest BCUT2D eigenvalue weighted by atomic mass is 35.5. The molecule has 0 unspecified atom stereocenters. The Hall–Kier alpha value is -1.29. The molecule has 13 heavy (non-hydrogen) atoms. The van der Waals surface area contributed by atoms with Gasteiger partial charge < -0.3 is 5.32 Å². The molecule has 1 aromatic heterocycles. The molecule has 70 valence electrons. The highest BCUT2D eigenvalue weighted by molar-refractivity contribution is 6.17. The SMILES string of the molecule is CNC(=O)Nc1cc(CCl)ccn1. The first-order valence-electron chi connectivity index (χ1n) is 3.76. The molecule has 0 bridgehead atoms. The molecule has 4 nitrogen and oxygen atoms in total. The van der Waals surface area contributed by atoms with Crippen molar-refractivity contribution in [2.75, 3.05) is 12.4 Å². The molecule has 2 N–H and O–H groups in total. The van der Waals surface area contributed by atoms with Crippen molar-refractivity contribution in [1.82, 2.24) is 10.3 Å². The highest BCUT2D eigenvalue weighted by Crippen LogP contribution is 2.08. The van der Waals surface area contributed by atoms with Gasteiger partial charge in [-0.25, -0.2) is 9.78 Å². The van der Waals surface area contributed by atoms with Crippen molar-refractivity contribution in [3.63, 3.8) is 0 Å². The number of nitrogens with one attached hydrogen (secondary N) is 2. The summed E-state index contributed by atoms with van der Waals surface area (Å²) in [6, 6.07) is 3.23.